The summed E-state index contributed by atoms with van der Waals surface area (Å²) in [4.78, 5) is 27.1. The topological polar surface area (TPSA) is 85.2 Å². The second kappa shape index (κ2) is 10.1. The number of carbonyl (C=O) groups is 2. The van der Waals surface area contributed by atoms with Crippen LogP contribution in [0.1, 0.15) is 19.3 Å². The molecule has 2 aromatic carbocycles. The number of carbonyl (C=O) groups excluding carboxylic acids is 2. The molecule has 0 unspecified atom stereocenters. The maximum atomic E-state index is 12.9. The van der Waals surface area contributed by atoms with Gasteiger partial charge in [-0.3, -0.25) is 9.59 Å². The fraction of sp³-hybridized carbons (Fsp3) is 0.115. The van der Waals surface area contributed by atoms with Gasteiger partial charge < -0.3 is 15.4 Å². The van der Waals surface area contributed by atoms with Crippen LogP contribution in [-0.2, 0) is 0 Å². The predicted molar refractivity (Wildman–Crippen MR) is 140 cm³/mol. The van der Waals surface area contributed by atoms with E-state index in [0.29, 0.717) is 22.8 Å². The van der Waals surface area contributed by atoms with E-state index in [9.17, 15) is 9.59 Å². The molecule has 0 atom stereocenters. The number of methoxy groups -OCH3 is 1. The molecular weight excluding hydrogens is 480 g/mol. The molecule has 0 radical (unpaired) electrons. The zero-order valence-electron chi connectivity index (χ0n) is 18.9. The van der Waals surface area contributed by atoms with E-state index in [1.165, 1.54) is 22.7 Å². The minimum Gasteiger partial charge on any atom is -0.497 e. The lowest BCUT2D eigenvalue weighted by Crippen LogP contribution is -2.34. The van der Waals surface area contributed by atoms with Crippen molar-refractivity contribution in [3.8, 4) is 22.7 Å². The van der Waals surface area contributed by atoms with Crippen LogP contribution in [0.5, 0.6) is 5.75 Å². The SMILES string of the molecule is COc1ccc(-n2nc(-c3ccccc3)c3cc(C(=O)NCCNC(=O)c4cccs4)sc32)cc1. The summed E-state index contributed by atoms with van der Waals surface area (Å²) in [6, 6.07) is 23.1. The molecule has 3 aromatic heterocycles. The number of rotatable bonds is 8. The summed E-state index contributed by atoms with van der Waals surface area (Å²) >= 11 is 2.77. The summed E-state index contributed by atoms with van der Waals surface area (Å²) in [5, 5.41) is 13.4. The number of amides is 2. The first kappa shape index (κ1) is 22.8. The summed E-state index contributed by atoms with van der Waals surface area (Å²) in [6.45, 7) is 0.683. The Bertz CT molecular complexity index is 1460. The van der Waals surface area contributed by atoms with E-state index in [1.54, 1.807) is 13.2 Å². The Morgan fingerprint density at radius 1 is 0.914 bits per heavy atom. The van der Waals surface area contributed by atoms with E-state index in [4.69, 9.17) is 9.84 Å². The van der Waals surface area contributed by atoms with Crippen LogP contribution >= 0.6 is 22.7 Å². The van der Waals surface area contributed by atoms with Crippen LogP contribution in [0.25, 0.3) is 27.2 Å². The number of nitrogens with zero attached hydrogens (tertiary/aromatic N) is 2. The molecule has 3 heterocycles. The van der Waals surface area contributed by atoms with E-state index in [2.05, 4.69) is 10.6 Å². The summed E-state index contributed by atoms with van der Waals surface area (Å²) in [7, 11) is 1.63. The van der Waals surface area contributed by atoms with Crippen LogP contribution in [-0.4, -0.2) is 41.8 Å². The molecule has 0 aliphatic carbocycles. The minimum absolute atomic E-state index is 0.136. The van der Waals surface area contributed by atoms with E-state index < -0.39 is 0 Å². The van der Waals surface area contributed by atoms with E-state index >= 15 is 0 Å². The monoisotopic (exact) mass is 502 g/mol. The lowest BCUT2D eigenvalue weighted by atomic mass is 10.1. The smallest absolute Gasteiger partial charge is 0.261 e. The maximum absolute atomic E-state index is 12.9. The summed E-state index contributed by atoms with van der Waals surface area (Å²) in [6.07, 6.45) is 0. The van der Waals surface area contributed by atoms with Gasteiger partial charge in [-0.2, -0.15) is 5.10 Å². The Labute approximate surface area is 210 Å². The molecular formula is C26H22N4O3S2. The molecule has 2 N–H and O–H groups in total. The Balaban J connectivity index is 1.38. The molecule has 2 amide bonds. The van der Waals surface area contributed by atoms with Crippen molar-refractivity contribution in [2.45, 2.75) is 0 Å². The maximum Gasteiger partial charge on any atom is 0.261 e. The number of nitrogens with one attached hydrogen (secondary N) is 2. The Morgan fingerprint density at radius 3 is 2.29 bits per heavy atom. The summed E-state index contributed by atoms with van der Waals surface area (Å²) in [5.41, 5.74) is 2.67. The molecule has 0 aliphatic heterocycles. The standard InChI is InChI=1S/C26H22N4O3S2/c1-33-19-11-9-18(10-12-19)30-26-20(23(29-30)17-6-3-2-4-7-17)16-22(35-26)25(32)28-14-13-27-24(31)21-8-5-15-34-21/h2-12,15-16H,13-14H2,1H3,(H,27,31)(H,28,32). The number of benzene rings is 2. The number of fused-ring (bicyclic) bond motifs is 1. The van der Waals surface area contributed by atoms with Gasteiger partial charge in [-0.1, -0.05) is 36.4 Å². The van der Waals surface area contributed by atoms with E-state index in [0.717, 1.165) is 32.9 Å². The molecule has 0 bridgehead atoms. The summed E-state index contributed by atoms with van der Waals surface area (Å²) < 4.78 is 7.14. The van der Waals surface area contributed by atoms with Crippen LogP contribution in [0.2, 0.25) is 0 Å². The van der Waals surface area contributed by atoms with Gasteiger partial charge in [0.2, 0.25) is 0 Å². The molecule has 176 valence electrons. The lowest BCUT2D eigenvalue weighted by Gasteiger charge is -2.06. The van der Waals surface area contributed by atoms with Crippen molar-refractivity contribution in [2.75, 3.05) is 20.2 Å². The van der Waals surface area contributed by atoms with Crippen molar-refractivity contribution in [1.82, 2.24) is 20.4 Å². The average Bonchev–Trinajstić information content (AvgIpc) is 3.64. The third-order valence-corrected chi connectivity index (χ3v) is 7.37. The van der Waals surface area contributed by atoms with Gasteiger partial charge in [0.15, 0.2) is 0 Å². The van der Waals surface area contributed by atoms with Crippen LogP contribution in [0.4, 0.5) is 0 Å². The Hall–Kier alpha value is -3.95. The highest BCUT2D eigenvalue weighted by atomic mass is 32.1. The lowest BCUT2D eigenvalue weighted by molar-refractivity contribution is 0.0932. The molecule has 35 heavy (non-hydrogen) atoms. The quantitative estimate of drug-likeness (QED) is 0.293. The normalized spacial score (nSPS) is 10.9. The Kier molecular flexibility index (Phi) is 6.60. The second-order valence-corrected chi connectivity index (χ2v) is 9.62. The number of hydrogen-bond acceptors (Lipinski definition) is 6. The van der Waals surface area contributed by atoms with Crippen LogP contribution in [0.15, 0.2) is 78.2 Å². The number of hydrogen-bond donors (Lipinski definition) is 2. The summed E-state index contributed by atoms with van der Waals surface area (Å²) in [5.74, 6) is 0.443. The van der Waals surface area contributed by atoms with Gasteiger partial charge in [-0.15, -0.1) is 22.7 Å². The van der Waals surface area contributed by atoms with Gasteiger partial charge in [0.1, 0.15) is 16.3 Å². The first-order valence-corrected chi connectivity index (χ1v) is 12.7. The number of ether oxygens (including phenoxy) is 1. The van der Waals surface area contributed by atoms with E-state index in [-0.39, 0.29) is 11.8 Å². The molecule has 5 aromatic rings. The fourth-order valence-electron chi connectivity index (χ4n) is 3.66. The van der Waals surface area contributed by atoms with Gasteiger partial charge in [-0.25, -0.2) is 4.68 Å². The van der Waals surface area contributed by atoms with Crippen LogP contribution in [0.3, 0.4) is 0 Å². The van der Waals surface area contributed by atoms with Crippen molar-refractivity contribution >= 4 is 44.7 Å². The number of thiophene rings is 2. The average molecular weight is 503 g/mol. The van der Waals surface area contributed by atoms with E-state index in [1.807, 2.05) is 76.8 Å². The third kappa shape index (κ3) is 4.82. The van der Waals surface area contributed by atoms with Gasteiger partial charge >= 0.3 is 0 Å². The van der Waals surface area contributed by atoms with Crippen molar-refractivity contribution in [2.24, 2.45) is 0 Å². The Morgan fingerprint density at radius 2 is 1.63 bits per heavy atom. The molecule has 7 nitrogen and oxygen atoms in total. The van der Waals surface area contributed by atoms with Crippen molar-refractivity contribution in [3.63, 3.8) is 0 Å². The minimum atomic E-state index is -0.183. The van der Waals surface area contributed by atoms with Gasteiger partial charge in [0.05, 0.1) is 22.6 Å². The fourth-order valence-corrected chi connectivity index (χ4v) is 5.35. The highest BCUT2D eigenvalue weighted by molar-refractivity contribution is 7.20. The van der Waals surface area contributed by atoms with Gasteiger partial charge in [-0.05, 0) is 41.8 Å². The molecule has 0 fully saturated rings. The van der Waals surface area contributed by atoms with Crippen LogP contribution in [0, 0.1) is 0 Å². The zero-order valence-corrected chi connectivity index (χ0v) is 20.5. The highest BCUT2D eigenvalue weighted by Crippen LogP contribution is 2.35. The van der Waals surface area contributed by atoms with Crippen molar-refractivity contribution in [3.05, 3.63) is 87.9 Å². The zero-order chi connectivity index (χ0) is 24.2. The molecule has 0 aliphatic rings. The molecule has 0 saturated heterocycles. The number of aromatic nitrogens is 2. The molecule has 0 spiro atoms. The van der Waals surface area contributed by atoms with Crippen LogP contribution < -0.4 is 15.4 Å². The van der Waals surface area contributed by atoms with Gasteiger partial charge in [0, 0.05) is 24.0 Å². The first-order chi connectivity index (χ1) is 17.1. The third-order valence-electron chi connectivity index (χ3n) is 5.39. The second-order valence-electron chi connectivity index (χ2n) is 7.64. The van der Waals surface area contributed by atoms with Crippen molar-refractivity contribution < 1.29 is 14.3 Å². The van der Waals surface area contributed by atoms with Gasteiger partial charge in [0.25, 0.3) is 11.8 Å². The largest absolute Gasteiger partial charge is 0.497 e. The molecule has 9 heteroatoms. The predicted octanol–water partition coefficient (Wildman–Crippen LogP) is 4.98. The highest BCUT2D eigenvalue weighted by Gasteiger charge is 2.20. The van der Waals surface area contributed by atoms with Crippen molar-refractivity contribution in [1.29, 1.82) is 0 Å². The first-order valence-electron chi connectivity index (χ1n) is 11.0. The molecule has 0 saturated carbocycles. The molecule has 5 rings (SSSR count).